The van der Waals surface area contributed by atoms with E-state index in [4.69, 9.17) is 43.6 Å². The van der Waals surface area contributed by atoms with Crippen LogP contribution in [0, 0.1) is 0 Å². The summed E-state index contributed by atoms with van der Waals surface area (Å²) in [6.45, 7) is 15.4. The summed E-state index contributed by atoms with van der Waals surface area (Å²) in [6, 6.07) is 0. The second-order valence-electron chi connectivity index (χ2n) is 6.87. The van der Waals surface area contributed by atoms with E-state index in [2.05, 4.69) is 0 Å². The number of esters is 2. The van der Waals surface area contributed by atoms with Crippen molar-refractivity contribution in [1.29, 1.82) is 0 Å². The molecule has 1 aliphatic rings. The van der Waals surface area contributed by atoms with Gasteiger partial charge in [0.1, 0.15) is 10.5 Å². The van der Waals surface area contributed by atoms with Crippen molar-refractivity contribution in [2.75, 3.05) is 39.4 Å². The molecule has 12 heteroatoms. The Labute approximate surface area is 217 Å². The van der Waals surface area contributed by atoms with E-state index < -0.39 is 0 Å². The average molecular weight is 543 g/mol. The molecule has 0 N–H and O–H groups in total. The van der Waals surface area contributed by atoms with Gasteiger partial charge in [-0.05, 0) is 78.3 Å². The number of hydroxylamine groups is 4. The van der Waals surface area contributed by atoms with Crippen LogP contribution in [-0.4, -0.2) is 80.7 Å². The molecule has 0 aliphatic carbocycles. The van der Waals surface area contributed by atoms with Crippen LogP contribution in [0.3, 0.4) is 0 Å². The third kappa shape index (κ3) is 15.8. The zero-order valence-electron chi connectivity index (χ0n) is 20.5. The van der Waals surface area contributed by atoms with Gasteiger partial charge in [-0.2, -0.15) is 0 Å². The molecule has 192 valence electrons. The van der Waals surface area contributed by atoms with Crippen molar-refractivity contribution >= 4 is 68.7 Å². The molecule has 0 radical (unpaired) electrons. The van der Waals surface area contributed by atoms with Crippen LogP contribution in [0.4, 0.5) is 0 Å². The molecule has 1 aliphatic heterocycles. The maximum atomic E-state index is 11.5. The van der Waals surface area contributed by atoms with Crippen LogP contribution in [-0.2, 0) is 28.7 Å². The zero-order chi connectivity index (χ0) is 25.2. The van der Waals surface area contributed by atoms with Crippen molar-refractivity contribution in [1.82, 2.24) is 10.1 Å². The Kier molecular flexibility index (Phi) is 19.2. The zero-order valence-corrected chi connectivity index (χ0v) is 23.8. The molecule has 0 amide bonds. The van der Waals surface area contributed by atoms with Gasteiger partial charge in [-0.3, -0.25) is 9.59 Å². The lowest BCUT2D eigenvalue weighted by Gasteiger charge is -2.19. The molecular weight excluding hydrogens is 505 g/mol. The molecule has 1 fully saturated rings. The van der Waals surface area contributed by atoms with E-state index in [1.807, 2.05) is 25.8 Å². The fourth-order valence-corrected chi connectivity index (χ4v) is 4.63. The highest BCUT2D eigenvalue weighted by atomic mass is 32.2. The highest BCUT2D eigenvalue weighted by molar-refractivity contribution is 8.23. The number of nitrogens with zero attached hydrogens (tertiary/aromatic N) is 2. The highest BCUT2D eigenvalue weighted by Gasteiger charge is 2.21. The maximum absolute atomic E-state index is 11.5. The summed E-state index contributed by atoms with van der Waals surface area (Å²) in [4.78, 5) is 33.7. The molecule has 0 aromatic heterocycles. The van der Waals surface area contributed by atoms with Crippen LogP contribution in [0.2, 0.25) is 0 Å². The minimum Gasteiger partial charge on any atom is -0.465 e. The Hall–Kier alpha value is -0.660. The maximum Gasteiger partial charge on any atom is 0.319 e. The van der Waals surface area contributed by atoms with Crippen LogP contribution < -0.4 is 0 Å². The minimum atomic E-state index is -0.331. The van der Waals surface area contributed by atoms with Gasteiger partial charge in [-0.1, -0.05) is 30.4 Å². The van der Waals surface area contributed by atoms with E-state index in [1.165, 1.54) is 23.5 Å². The molecule has 2 atom stereocenters. The topological polar surface area (TPSA) is 77.5 Å². The Bertz CT molecular complexity index is 601. The summed E-state index contributed by atoms with van der Waals surface area (Å²) in [5.74, 6) is -0.498. The van der Waals surface area contributed by atoms with E-state index in [0.717, 1.165) is 45.4 Å². The van der Waals surface area contributed by atoms with Gasteiger partial charge in [0.05, 0.1) is 13.2 Å². The lowest BCUT2D eigenvalue weighted by molar-refractivity contribution is -0.143. The quantitative estimate of drug-likeness (QED) is 0.208. The number of carbonyl (C=O) groups is 2. The van der Waals surface area contributed by atoms with Gasteiger partial charge in [0, 0.05) is 26.2 Å². The van der Waals surface area contributed by atoms with Crippen molar-refractivity contribution < 1.29 is 28.7 Å². The summed E-state index contributed by atoms with van der Waals surface area (Å²) in [5.41, 5.74) is 0. The number of hydrogen-bond acceptors (Lipinski definition) is 12. The van der Waals surface area contributed by atoms with Crippen LogP contribution in [0.15, 0.2) is 0 Å². The third-order valence-electron chi connectivity index (χ3n) is 4.12. The van der Waals surface area contributed by atoms with Gasteiger partial charge in [0.15, 0.2) is 0 Å². The van der Waals surface area contributed by atoms with Crippen molar-refractivity contribution in [3.8, 4) is 0 Å². The average Bonchev–Trinajstić information content (AvgIpc) is 3.28. The van der Waals surface area contributed by atoms with E-state index in [-0.39, 0.29) is 22.4 Å². The van der Waals surface area contributed by atoms with Gasteiger partial charge in [-0.15, -0.1) is 10.1 Å². The summed E-state index contributed by atoms with van der Waals surface area (Å²) >= 11 is 12.6. The van der Waals surface area contributed by atoms with Crippen LogP contribution >= 0.6 is 48.0 Å². The Morgan fingerprint density at radius 2 is 1.42 bits per heavy atom. The molecule has 0 spiro atoms. The van der Waals surface area contributed by atoms with Gasteiger partial charge in [0.2, 0.25) is 8.77 Å². The molecule has 1 rings (SSSR count). The first kappa shape index (κ1) is 32.3. The summed E-state index contributed by atoms with van der Waals surface area (Å²) < 4.78 is 10.7. The monoisotopic (exact) mass is 542 g/mol. The molecule has 2 unspecified atom stereocenters. The first-order valence-electron chi connectivity index (χ1n) is 11.3. The van der Waals surface area contributed by atoms with Crippen LogP contribution in [0.1, 0.15) is 60.8 Å². The first-order valence-corrected chi connectivity index (χ1v) is 13.9. The lowest BCUT2D eigenvalue weighted by atomic mass is 10.4. The predicted molar refractivity (Wildman–Crippen MR) is 143 cm³/mol. The van der Waals surface area contributed by atoms with Gasteiger partial charge in [0.25, 0.3) is 0 Å². The van der Waals surface area contributed by atoms with E-state index in [1.54, 1.807) is 25.8 Å². The van der Waals surface area contributed by atoms with Crippen molar-refractivity contribution in [3.63, 3.8) is 0 Å². The Morgan fingerprint density at radius 3 is 1.91 bits per heavy atom. The largest absolute Gasteiger partial charge is 0.465 e. The SMILES string of the molecule is CCCOC(=O)C(C)SC(=S)ON1CCCC1.CCOC(=O)C(C)SC(=S)ON(CC)CC. The van der Waals surface area contributed by atoms with E-state index in [9.17, 15) is 9.59 Å². The third-order valence-corrected chi connectivity index (χ3v) is 6.48. The standard InChI is InChI=1S/C11H19NO3S2.C10H19NO3S2/c1-3-8-14-10(13)9(2)17-11(16)15-12-6-4-5-7-12;1-5-11(6-2)14-10(15)16-8(4)9(12)13-7-3/h9H,3-8H2,1-2H3;8H,5-7H2,1-4H3. The van der Waals surface area contributed by atoms with Crippen molar-refractivity contribution in [2.24, 2.45) is 0 Å². The Morgan fingerprint density at radius 1 is 0.909 bits per heavy atom. The normalized spacial score (nSPS) is 15.1. The number of rotatable bonds is 11. The molecule has 0 saturated carbocycles. The van der Waals surface area contributed by atoms with Crippen molar-refractivity contribution in [3.05, 3.63) is 0 Å². The van der Waals surface area contributed by atoms with Crippen LogP contribution in [0.25, 0.3) is 0 Å². The Balaban J connectivity index is 0.000000622. The van der Waals surface area contributed by atoms with Gasteiger partial charge in [-0.25, -0.2) is 0 Å². The minimum absolute atomic E-state index is 0.232. The fourth-order valence-electron chi connectivity index (χ4n) is 2.35. The predicted octanol–water partition coefficient (Wildman–Crippen LogP) is 4.60. The second-order valence-corrected chi connectivity index (χ2v) is 10.8. The van der Waals surface area contributed by atoms with Crippen molar-refractivity contribution in [2.45, 2.75) is 71.3 Å². The van der Waals surface area contributed by atoms with E-state index in [0.29, 0.717) is 22.0 Å². The van der Waals surface area contributed by atoms with Crippen LogP contribution in [0.5, 0.6) is 0 Å². The number of thiocarbonyl (C=S) groups is 2. The molecule has 0 bridgehead atoms. The highest BCUT2D eigenvalue weighted by Crippen LogP contribution is 2.19. The van der Waals surface area contributed by atoms with Gasteiger partial charge < -0.3 is 19.1 Å². The number of hydrogen-bond donors (Lipinski definition) is 0. The molecule has 8 nitrogen and oxygen atoms in total. The molecule has 0 aromatic carbocycles. The molecular formula is C21H38N2O6S4. The summed E-state index contributed by atoms with van der Waals surface area (Å²) in [7, 11) is 0. The first-order chi connectivity index (χ1) is 15.7. The molecule has 1 heterocycles. The molecule has 33 heavy (non-hydrogen) atoms. The second kappa shape index (κ2) is 19.6. The fraction of sp³-hybridized carbons (Fsp3) is 0.810. The summed E-state index contributed by atoms with van der Waals surface area (Å²) in [6.07, 6.45) is 3.11. The van der Waals surface area contributed by atoms with Gasteiger partial charge >= 0.3 is 11.9 Å². The molecule has 0 aromatic rings. The van der Waals surface area contributed by atoms with E-state index >= 15 is 0 Å². The lowest BCUT2D eigenvalue weighted by Crippen LogP contribution is -2.27. The number of thioether (sulfide) groups is 2. The number of carbonyl (C=O) groups excluding carboxylic acids is 2. The summed E-state index contributed by atoms with van der Waals surface area (Å²) in [5, 5.41) is 2.94. The number of ether oxygens (including phenoxy) is 2. The smallest absolute Gasteiger partial charge is 0.319 e. The molecule has 1 saturated heterocycles.